The Bertz CT molecular complexity index is 581. The highest BCUT2D eigenvalue weighted by Crippen LogP contribution is 2.24. The Kier molecular flexibility index (Phi) is 4.55. The fraction of sp³-hybridized carbons (Fsp3) is 0.500. The molecule has 0 N–H and O–H groups in total. The summed E-state index contributed by atoms with van der Waals surface area (Å²) in [5.74, 6) is -0.172. The molecule has 2 rings (SSSR count). The molecule has 0 aromatic heterocycles. The van der Waals surface area contributed by atoms with Crippen molar-refractivity contribution >= 4 is 17.6 Å². The molecule has 0 radical (unpaired) electrons. The van der Waals surface area contributed by atoms with Crippen LogP contribution in [0.15, 0.2) is 18.2 Å². The summed E-state index contributed by atoms with van der Waals surface area (Å²) in [5, 5.41) is 9.31. The van der Waals surface area contributed by atoms with Crippen molar-refractivity contribution in [2.24, 2.45) is 5.92 Å². The van der Waals surface area contributed by atoms with Crippen LogP contribution in [0.4, 0.5) is 0 Å². The summed E-state index contributed by atoms with van der Waals surface area (Å²) in [6.07, 6.45) is 0. The van der Waals surface area contributed by atoms with E-state index in [2.05, 4.69) is 4.90 Å². The maximum atomic E-state index is 11.9. The van der Waals surface area contributed by atoms with E-state index in [-0.39, 0.29) is 11.9 Å². The smallest absolute Gasteiger partial charge is 0.312 e. The SMILES string of the molecule is CC(C)(C)OC(=O)C1CN(Cc2ccc(C#N)c(Cl)c2)C1. The first kappa shape index (κ1) is 15.8. The van der Waals surface area contributed by atoms with Crippen molar-refractivity contribution < 1.29 is 9.53 Å². The molecule has 0 unspecified atom stereocenters. The van der Waals surface area contributed by atoms with Crippen LogP contribution < -0.4 is 0 Å². The van der Waals surface area contributed by atoms with Gasteiger partial charge >= 0.3 is 5.97 Å². The number of benzene rings is 1. The molecule has 0 atom stereocenters. The predicted molar refractivity (Wildman–Crippen MR) is 80.8 cm³/mol. The summed E-state index contributed by atoms with van der Waals surface area (Å²) in [7, 11) is 0. The number of hydrogen-bond acceptors (Lipinski definition) is 4. The molecule has 1 fully saturated rings. The number of ether oxygens (including phenoxy) is 1. The van der Waals surface area contributed by atoms with Crippen LogP contribution >= 0.6 is 11.6 Å². The van der Waals surface area contributed by atoms with E-state index in [1.54, 1.807) is 12.1 Å². The Balaban J connectivity index is 1.85. The number of nitrogens with zero attached hydrogens (tertiary/aromatic N) is 2. The fourth-order valence-corrected chi connectivity index (χ4v) is 2.48. The molecule has 1 aliphatic rings. The minimum Gasteiger partial charge on any atom is -0.460 e. The van der Waals surface area contributed by atoms with E-state index < -0.39 is 5.60 Å². The van der Waals surface area contributed by atoms with Crippen LogP contribution in [-0.2, 0) is 16.1 Å². The third-order valence-electron chi connectivity index (χ3n) is 3.26. The molecule has 4 nitrogen and oxygen atoms in total. The number of carbonyl (C=O) groups is 1. The molecule has 1 heterocycles. The van der Waals surface area contributed by atoms with E-state index in [1.807, 2.05) is 32.9 Å². The van der Waals surface area contributed by atoms with Gasteiger partial charge in [-0.3, -0.25) is 9.69 Å². The van der Waals surface area contributed by atoms with Crippen molar-refractivity contribution in [2.75, 3.05) is 13.1 Å². The molecule has 21 heavy (non-hydrogen) atoms. The van der Waals surface area contributed by atoms with E-state index in [1.165, 1.54) is 0 Å². The van der Waals surface area contributed by atoms with Crippen molar-refractivity contribution in [2.45, 2.75) is 32.9 Å². The highest BCUT2D eigenvalue weighted by atomic mass is 35.5. The average Bonchev–Trinajstić information content (AvgIpc) is 2.31. The van der Waals surface area contributed by atoms with Crippen molar-refractivity contribution in [3.8, 4) is 6.07 Å². The number of esters is 1. The van der Waals surface area contributed by atoms with Gasteiger partial charge in [0.25, 0.3) is 0 Å². The van der Waals surface area contributed by atoms with Gasteiger partial charge in [0, 0.05) is 19.6 Å². The minimum atomic E-state index is -0.432. The van der Waals surface area contributed by atoms with Crippen molar-refractivity contribution in [1.29, 1.82) is 5.26 Å². The van der Waals surface area contributed by atoms with Crippen LogP contribution in [0.25, 0.3) is 0 Å². The van der Waals surface area contributed by atoms with Gasteiger partial charge in [0.2, 0.25) is 0 Å². The average molecular weight is 307 g/mol. The van der Waals surface area contributed by atoms with Crippen molar-refractivity contribution in [3.63, 3.8) is 0 Å². The zero-order valence-electron chi connectivity index (χ0n) is 12.5. The van der Waals surface area contributed by atoms with Crippen molar-refractivity contribution in [3.05, 3.63) is 34.3 Å². The lowest BCUT2D eigenvalue weighted by Crippen LogP contribution is -2.51. The number of halogens is 1. The second-order valence-corrected chi connectivity index (χ2v) is 6.76. The van der Waals surface area contributed by atoms with Crippen LogP contribution in [0.3, 0.4) is 0 Å². The lowest BCUT2D eigenvalue weighted by Gasteiger charge is -2.38. The van der Waals surface area contributed by atoms with Gasteiger partial charge in [-0.15, -0.1) is 0 Å². The molecule has 0 bridgehead atoms. The van der Waals surface area contributed by atoms with Crippen LogP contribution in [0.2, 0.25) is 5.02 Å². The monoisotopic (exact) mass is 306 g/mol. The van der Waals surface area contributed by atoms with Gasteiger partial charge in [-0.25, -0.2) is 0 Å². The minimum absolute atomic E-state index is 0.0434. The second kappa shape index (κ2) is 6.05. The third-order valence-corrected chi connectivity index (χ3v) is 3.57. The normalized spacial score (nSPS) is 16.1. The summed E-state index contributed by atoms with van der Waals surface area (Å²) in [5.41, 5.74) is 1.09. The van der Waals surface area contributed by atoms with Gasteiger partial charge < -0.3 is 4.74 Å². The van der Waals surface area contributed by atoms with Crippen LogP contribution in [0, 0.1) is 17.2 Å². The number of nitriles is 1. The molecule has 1 saturated heterocycles. The van der Waals surface area contributed by atoms with E-state index in [4.69, 9.17) is 21.6 Å². The van der Waals surface area contributed by atoms with Crippen LogP contribution in [0.1, 0.15) is 31.9 Å². The molecule has 0 spiro atoms. The zero-order chi connectivity index (χ0) is 15.6. The quantitative estimate of drug-likeness (QED) is 0.806. The molecule has 0 aliphatic carbocycles. The largest absolute Gasteiger partial charge is 0.460 e. The number of rotatable bonds is 3. The summed E-state index contributed by atoms with van der Waals surface area (Å²) in [4.78, 5) is 14.0. The zero-order valence-corrected chi connectivity index (χ0v) is 13.3. The number of carbonyl (C=O) groups excluding carboxylic acids is 1. The maximum absolute atomic E-state index is 11.9. The van der Waals surface area contributed by atoms with E-state index in [9.17, 15) is 4.79 Å². The van der Waals surface area contributed by atoms with Crippen molar-refractivity contribution in [1.82, 2.24) is 4.90 Å². The molecule has 1 aliphatic heterocycles. The highest BCUT2D eigenvalue weighted by molar-refractivity contribution is 6.31. The first-order chi connectivity index (χ1) is 9.78. The Labute approximate surface area is 130 Å². The van der Waals surface area contributed by atoms with E-state index in [0.29, 0.717) is 23.7 Å². The Morgan fingerprint density at radius 3 is 2.67 bits per heavy atom. The number of likely N-dealkylation sites (tertiary alicyclic amines) is 1. The van der Waals surface area contributed by atoms with Crippen LogP contribution in [0.5, 0.6) is 0 Å². The predicted octanol–water partition coefficient (Wildman–Crippen LogP) is 2.99. The molecule has 0 amide bonds. The Morgan fingerprint density at radius 1 is 1.48 bits per heavy atom. The van der Waals surface area contributed by atoms with Gasteiger partial charge in [-0.05, 0) is 38.5 Å². The lowest BCUT2D eigenvalue weighted by atomic mass is 9.98. The highest BCUT2D eigenvalue weighted by Gasteiger charge is 2.35. The topological polar surface area (TPSA) is 53.3 Å². The number of hydrogen-bond donors (Lipinski definition) is 0. The lowest BCUT2D eigenvalue weighted by molar-refractivity contribution is -0.166. The van der Waals surface area contributed by atoms with Gasteiger partial charge in [0.15, 0.2) is 0 Å². The second-order valence-electron chi connectivity index (χ2n) is 6.35. The summed E-state index contributed by atoms with van der Waals surface area (Å²) < 4.78 is 5.37. The summed E-state index contributed by atoms with van der Waals surface area (Å²) in [6.45, 7) is 7.75. The third kappa shape index (κ3) is 4.20. The fourth-order valence-electron chi connectivity index (χ4n) is 2.24. The molecular formula is C16H19ClN2O2. The first-order valence-electron chi connectivity index (χ1n) is 6.92. The molecule has 1 aromatic rings. The van der Waals surface area contributed by atoms with E-state index >= 15 is 0 Å². The molecule has 1 aromatic carbocycles. The Hall–Kier alpha value is -1.57. The molecule has 112 valence electrons. The van der Waals surface area contributed by atoms with Gasteiger partial charge in [-0.2, -0.15) is 5.26 Å². The molecular weight excluding hydrogens is 288 g/mol. The maximum Gasteiger partial charge on any atom is 0.312 e. The van der Waals surface area contributed by atoms with E-state index in [0.717, 1.165) is 12.1 Å². The first-order valence-corrected chi connectivity index (χ1v) is 7.30. The van der Waals surface area contributed by atoms with Crippen LogP contribution in [-0.4, -0.2) is 29.6 Å². The van der Waals surface area contributed by atoms with Gasteiger partial charge in [0.1, 0.15) is 11.7 Å². The van der Waals surface area contributed by atoms with Gasteiger partial charge in [-0.1, -0.05) is 17.7 Å². The van der Waals surface area contributed by atoms with Gasteiger partial charge in [0.05, 0.1) is 16.5 Å². The summed E-state index contributed by atoms with van der Waals surface area (Å²) >= 11 is 6.01. The molecule has 5 heteroatoms. The summed E-state index contributed by atoms with van der Waals surface area (Å²) in [6, 6.07) is 7.47. The molecule has 0 saturated carbocycles. The standard InChI is InChI=1S/C16H19ClN2O2/c1-16(2,3)21-15(20)13-9-19(10-13)8-11-4-5-12(7-18)14(17)6-11/h4-6,13H,8-10H2,1-3H3. The Morgan fingerprint density at radius 2 is 2.14 bits per heavy atom.